The monoisotopic (exact) mass is 589 g/mol. The molecule has 2 saturated carbocycles. The molecule has 2 nitrogen and oxygen atoms in total. The number of hydrogen-bond donors (Lipinski definition) is 0. The number of unbranched alkanes of at least 4 members (excludes halogenated alkanes) is 3. The minimum atomic E-state index is -1.89. The number of ether oxygens (including phenoxy) is 1. The maximum atomic E-state index is 6.08. The molecule has 7 aliphatic rings. The van der Waals surface area contributed by atoms with Gasteiger partial charge >= 0.3 is 0 Å². The summed E-state index contributed by atoms with van der Waals surface area (Å²) in [7, 11) is 0.559. The van der Waals surface area contributed by atoms with Gasteiger partial charge in [-0.25, -0.2) is 0 Å². The molecule has 0 spiro atoms. The van der Waals surface area contributed by atoms with E-state index in [4.69, 9.17) is 4.74 Å². The Morgan fingerprint density at radius 1 is 0.744 bits per heavy atom. The zero-order chi connectivity index (χ0) is 29.5. The lowest BCUT2D eigenvalue weighted by atomic mass is 9.81. The van der Waals surface area contributed by atoms with E-state index in [2.05, 4.69) is 125 Å². The average Bonchev–Trinajstić information content (AvgIpc) is 3.60. The second-order valence-corrected chi connectivity index (χ2v) is 20.4. The molecule has 2 aliphatic heterocycles. The van der Waals surface area contributed by atoms with Crippen molar-refractivity contribution in [1.29, 1.82) is 0 Å². The molecule has 10 unspecified atom stereocenters. The van der Waals surface area contributed by atoms with E-state index in [9.17, 15) is 0 Å². The zero-order valence-electron chi connectivity index (χ0n) is 27.0. The third-order valence-corrected chi connectivity index (χ3v) is 19.4. The third kappa shape index (κ3) is 4.13. The van der Waals surface area contributed by atoms with E-state index < -0.39 is 8.07 Å². The second-order valence-electron chi connectivity index (χ2n) is 15.9. The average molecular weight is 590 g/mol. The highest BCUT2D eigenvalue weighted by Gasteiger charge is 2.76. The van der Waals surface area contributed by atoms with E-state index in [1.807, 2.05) is 5.20 Å². The molecular weight excluding hydrogens is 539 g/mol. The standard InChI is InChI=1S/C40H51NOSi/c1-26-21-22-33-32(25-26)35-31-19-14-20-34-36(31)39(37(35)41(33)5)43(34,24-13-7-6-12-23-42-40(2,3)4)38-29-17-10-8-15-27(29)28-16-9-11-18-30(28)38/h8-11,14-22,25,27-31,35-39H,6-7,12-13,23-24H2,1-5H3. The van der Waals surface area contributed by atoms with Crippen molar-refractivity contribution < 1.29 is 4.74 Å². The smallest absolute Gasteiger partial charge is 0.0918 e. The fourth-order valence-corrected chi connectivity index (χ4v) is 19.8. The van der Waals surface area contributed by atoms with Gasteiger partial charge in [-0.2, -0.15) is 0 Å². The molecule has 0 radical (unpaired) electrons. The van der Waals surface area contributed by atoms with Gasteiger partial charge in [0.2, 0.25) is 0 Å². The Bertz CT molecular complexity index is 1420. The molecule has 0 aromatic heterocycles. The summed E-state index contributed by atoms with van der Waals surface area (Å²) in [6, 6.07) is 9.45. The Kier molecular flexibility index (Phi) is 6.77. The molecule has 43 heavy (non-hydrogen) atoms. The van der Waals surface area contributed by atoms with E-state index in [0.29, 0.717) is 41.5 Å². The molecule has 0 bridgehead atoms. The summed E-state index contributed by atoms with van der Waals surface area (Å²) in [6.45, 7) is 9.71. The molecule has 1 saturated heterocycles. The van der Waals surface area contributed by atoms with Crippen LogP contribution in [0, 0.1) is 42.4 Å². The van der Waals surface area contributed by atoms with Crippen molar-refractivity contribution in [1.82, 2.24) is 0 Å². The minimum absolute atomic E-state index is 0.0304. The first-order valence-electron chi connectivity index (χ1n) is 17.4. The Morgan fingerprint density at radius 3 is 2.09 bits per heavy atom. The number of benzene rings is 1. The first kappa shape index (κ1) is 28.1. The van der Waals surface area contributed by atoms with Crippen LogP contribution in [0.5, 0.6) is 0 Å². The van der Waals surface area contributed by atoms with Gasteiger partial charge in [-0.3, -0.25) is 0 Å². The number of likely N-dealkylation sites (N-methyl/N-ethyl adjacent to an activating group) is 1. The molecule has 1 aromatic carbocycles. The van der Waals surface area contributed by atoms with E-state index in [-0.39, 0.29) is 5.60 Å². The van der Waals surface area contributed by atoms with Crippen LogP contribution in [0.25, 0.3) is 0 Å². The maximum absolute atomic E-state index is 6.08. The summed E-state index contributed by atoms with van der Waals surface area (Å²) in [4.78, 5) is 2.77. The second kappa shape index (κ2) is 10.3. The number of fused-ring (bicyclic) bond motifs is 8. The highest BCUT2D eigenvalue weighted by molar-refractivity contribution is 6.93. The van der Waals surface area contributed by atoms with Gasteiger partial charge in [0, 0.05) is 31.3 Å². The summed E-state index contributed by atoms with van der Waals surface area (Å²) in [6.07, 6.45) is 32.9. The van der Waals surface area contributed by atoms with Crippen LogP contribution in [0.15, 0.2) is 90.2 Å². The Morgan fingerprint density at radius 2 is 1.40 bits per heavy atom. The molecule has 2 heterocycles. The molecule has 0 amide bonds. The number of aryl methyl sites for hydroxylation is 1. The minimum Gasteiger partial charge on any atom is -0.376 e. The Balaban J connectivity index is 1.17. The summed E-state index contributed by atoms with van der Waals surface area (Å²) >= 11 is 0. The number of hydrogen-bond acceptors (Lipinski definition) is 2. The van der Waals surface area contributed by atoms with E-state index >= 15 is 0 Å². The van der Waals surface area contributed by atoms with Gasteiger partial charge < -0.3 is 9.64 Å². The summed E-state index contributed by atoms with van der Waals surface area (Å²) in [5, 5.41) is 1.97. The van der Waals surface area contributed by atoms with Crippen LogP contribution < -0.4 is 4.90 Å². The van der Waals surface area contributed by atoms with Crippen molar-refractivity contribution in [3.63, 3.8) is 0 Å². The third-order valence-electron chi connectivity index (χ3n) is 12.8. The normalized spacial score (nSPS) is 40.6. The number of anilines is 1. The van der Waals surface area contributed by atoms with Crippen molar-refractivity contribution >= 4 is 13.8 Å². The molecule has 8 rings (SSSR count). The van der Waals surface area contributed by atoms with Gasteiger partial charge in [0.25, 0.3) is 0 Å². The molecule has 1 aromatic rings. The van der Waals surface area contributed by atoms with Crippen molar-refractivity contribution in [2.45, 2.75) is 88.1 Å². The molecule has 3 heteroatoms. The van der Waals surface area contributed by atoms with Gasteiger partial charge in [0.15, 0.2) is 0 Å². The fraction of sp³-hybridized carbons (Fsp3) is 0.550. The van der Waals surface area contributed by atoms with Gasteiger partial charge in [-0.05, 0) is 92.3 Å². The number of nitrogens with zero attached hydrogens (tertiary/aromatic N) is 1. The SMILES string of the molecule is Cc1ccc2c(c1)C1C3C=CC=C4C3C(C1N2C)[Si]4(CCCCCCOC(C)(C)C)C1C2C=CC=CC2C2C=CC=CC21. The lowest BCUT2D eigenvalue weighted by Crippen LogP contribution is -2.65. The molecule has 0 N–H and O–H groups in total. The Labute approximate surface area is 261 Å². The Hall–Kier alpha value is -2.36. The van der Waals surface area contributed by atoms with Crippen molar-refractivity contribution in [3.05, 3.63) is 101 Å². The summed E-state index contributed by atoms with van der Waals surface area (Å²) < 4.78 is 6.08. The quantitative estimate of drug-likeness (QED) is 0.221. The van der Waals surface area contributed by atoms with Crippen LogP contribution in [0.4, 0.5) is 5.69 Å². The van der Waals surface area contributed by atoms with Crippen molar-refractivity contribution in [2.24, 2.45) is 35.5 Å². The predicted octanol–water partition coefficient (Wildman–Crippen LogP) is 9.49. The first-order chi connectivity index (χ1) is 20.8. The largest absolute Gasteiger partial charge is 0.376 e. The predicted molar refractivity (Wildman–Crippen MR) is 183 cm³/mol. The van der Waals surface area contributed by atoms with E-state index in [1.165, 1.54) is 43.0 Å². The maximum Gasteiger partial charge on any atom is 0.0918 e. The fourth-order valence-electron chi connectivity index (χ4n) is 11.5. The number of rotatable bonds is 8. The first-order valence-corrected chi connectivity index (χ1v) is 19.7. The van der Waals surface area contributed by atoms with Gasteiger partial charge in [-0.15, -0.1) is 0 Å². The molecule has 3 fully saturated rings. The van der Waals surface area contributed by atoms with E-state index in [0.717, 1.165) is 23.6 Å². The van der Waals surface area contributed by atoms with Crippen LogP contribution in [-0.4, -0.2) is 33.4 Å². The van der Waals surface area contributed by atoms with Crippen LogP contribution in [0.2, 0.25) is 17.1 Å². The van der Waals surface area contributed by atoms with Crippen LogP contribution >= 0.6 is 0 Å². The van der Waals surface area contributed by atoms with Gasteiger partial charge in [-0.1, -0.05) is 115 Å². The molecular formula is C40H51NOSi. The summed E-state index contributed by atoms with van der Waals surface area (Å²) in [5.41, 5.74) is 6.19. The molecule has 5 aliphatic carbocycles. The highest BCUT2D eigenvalue weighted by Crippen LogP contribution is 2.78. The van der Waals surface area contributed by atoms with Crippen molar-refractivity contribution in [2.75, 3.05) is 18.6 Å². The lowest BCUT2D eigenvalue weighted by molar-refractivity contribution is -0.00471. The topological polar surface area (TPSA) is 12.5 Å². The number of allylic oxidation sites excluding steroid dienone is 12. The lowest BCUT2D eigenvalue weighted by Gasteiger charge is -2.63. The van der Waals surface area contributed by atoms with Crippen LogP contribution in [-0.2, 0) is 4.74 Å². The molecule has 10 atom stereocenters. The van der Waals surface area contributed by atoms with Crippen LogP contribution in [0.3, 0.4) is 0 Å². The van der Waals surface area contributed by atoms with E-state index in [1.54, 1.807) is 5.56 Å². The highest BCUT2D eigenvalue weighted by atomic mass is 28.3. The van der Waals surface area contributed by atoms with Crippen LogP contribution in [0.1, 0.15) is 63.5 Å². The van der Waals surface area contributed by atoms with Crippen molar-refractivity contribution in [3.8, 4) is 0 Å². The van der Waals surface area contributed by atoms with Gasteiger partial charge in [0.05, 0.1) is 13.7 Å². The summed E-state index contributed by atoms with van der Waals surface area (Å²) in [5.74, 6) is 4.78. The van der Waals surface area contributed by atoms with Gasteiger partial charge in [0.1, 0.15) is 0 Å². The zero-order valence-corrected chi connectivity index (χ0v) is 28.0. The molecule has 226 valence electrons.